The van der Waals surface area contributed by atoms with E-state index in [2.05, 4.69) is 10.2 Å². The molecule has 1 aliphatic carbocycles. The molecule has 1 N–H and O–H groups in total. The number of imide groups is 1. The molecule has 3 fully saturated rings. The highest BCUT2D eigenvalue weighted by atomic mass is 32.2. The van der Waals surface area contributed by atoms with Crippen molar-refractivity contribution in [1.82, 2.24) is 15.1 Å². The average Bonchev–Trinajstić information content (AvgIpc) is 3.19. The van der Waals surface area contributed by atoms with Gasteiger partial charge in [0.15, 0.2) is 0 Å². The number of nitrogens with zero attached hydrogens (tertiary/aromatic N) is 2. The van der Waals surface area contributed by atoms with E-state index in [1.54, 1.807) is 0 Å². The van der Waals surface area contributed by atoms with Crippen LogP contribution in [0.2, 0.25) is 0 Å². The molecule has 2 heterocycles. The first-order chi connectivity index (χ1) is 9.25. The highest BCUT2D eigenvalue weighted by Crippen LogP contribution is 2.31. The van der Waals surface area contributed by atoms with Crippen LogP contribution in [-0.2, 0) is 9.59 Å². The zero-order chi connectivity index (χ0) is 13.2. The topological polar surface area (TPSA) is 52.7 Å². The Kier molecular flexibility index (Phi) is 4.10. The quantitative estimate of drug-likeness (QED) is 0.715. The number of nitrogens with one attached hydrogen (secondary N) is 1. The van der Waals surface area contributed by atoms with Crippen molar-refractivity contribution in [2.75, 3.05) is 37.7 Å². The van der Waals surface area contributed by atoms with Gasteiger partial charge >= 0.3 is 0 Å². The number of hydrogen-bond acceptors (Lipinski definition) is 5. The molecule has 0 aromatic heterocycles. The summed E-state index contributed by atoms with van der Waals surface area (Å²) in [5.41, 5.74) is 0. The van der Waals surface area contributed by atoms with Crippen LogP contribution in [0.1, 0.15) is 19.3 Å². The van der Waals surface area contributed by atoms with Crippen LogP contribution >= 0.6 is 11.8 Å². The van der Waals surface area contributed by atoms with Gasteiger partial charge in [0.1, 0.15) is 0 Å². The van der Waals surface area contributed by atoms with Crippen LogP contribution in [-0.4, -0.2) is 71.4 Å². The molecule has 2 saturated heterocycles. The summed E-state index contributed by atoms with van der Waals surface area (Å²) in [6.07, 6.45) is 2.34. The molecule has 1 atom stereocenters. The van der Waals surface area contributed by atoms with Crippen molar-refractivity contribution in [3.63, 3.8) is 0 Å². The van der Waals surface area contributed by atoms with E-state index in [1.165, 1.54) is 16.4 Å². The standard InChI is InChI=1S/C13H21N3O2S/c17-12-9-11(13(18)16(12)10-1-2-10)14-3-4-15-5-7-19-8-6-15/h10-11,14H,1-9H2. The highest BCUT2D eigenvalue weighted by molar-refractivity contribution is 7.99. The summed E-state index contributed by atoms with van der Waals surface area (Å²) in [5.74, 6) is 2.42. The molecule has 0 bridgehead atoms. The Morgan fingerprint density at radius 1 is 1.21 bits per heavy atom. The smallest absolute Gasteiger partial charge is 0.247 e. The fourth-order valence-electron chi connectivity index (χ4n) is 2.75. The van der Waals surface area contributed by atoms with Gasteiger partial charge in [-0.25, -0.2) is 0 Å². The van der Waals surface area contributed by atoms with E-state index in [0.717, 1.165) is 39.0 Å². The molecule has 3 aliphatic rings. The molecule has 5 nitrogen and oxygen atoms in total. The Morgan fingerprint density at radius 2 is 1.95 bits per heavy atom. The van der Waals surface area contributed by atoms with Gasteiger partial charge in [0.2, 0.25) is 11.8 Å². The summed E-state index contributed by atoms with van der Waals surface area (Å²) < 4.78 is 0. The second-order valence-electron chi connectivity index (χ2n) is 5.50. The molecule has 1 unspecified atom stereocenters. The number of hydrogen-bond donors (Lipinski definition) is 1. The van der Waals surface area contributed by atoms with Crippen LogP contribution in [0.25, 0.3) is 0 Å². The van der Waals surface area contributed by atoms with Crippen LogP contribution in [0.15, 0.2) is 0 Å². The Bertz CT molecular complexity index is 367. The van der Waals surface area contributed by atoms with Crippen LogP contribution in [0, 0.1) is 0 Å². The third-order valence-corrected chi connectivity index (χ3v) is 4.96. The minimum atomic E-state index is -0.271. The first-order valence-electron chi connectivity index (χ1n) is 7.15. The summed E-state index contributed by atoms with van der Waals surface area (Å²) in [4.78, 5) is 27.8. The molecule has 0 spiro atoms. The minimum absolute atomic E-state index is 0.00157. The lowest BCUT2D eigenvalue weighted by Gasteiger charge is -2.26. The molecule has 2 amide bonds. The molecule has 2 aliphatic heterocycles. The number of carbonyl (C=O) groups is 2. The van der Waals surface area contributed by atoms with Gasteiger partial charge < -0.3 is 10.2 Å². The van der Waals surface area contributed by atoms with E-state index in [0.29, 0.717) is 6.42 Å². The zero-order valence-corrected chi connectivity index (χ0v) is 12.0. The molecule has 106 valence electrons. The van der Waals surface area contributed by atoms with Crippen molar-refractivity contribution in [2.24, 2.45) is 0 Å². The van der Waals surface area contributed by atoms with E-state index in [4.69, 9.17) is 0 Å². The third kappa shape index (κ3) is 3.12. The highest BCUT2D eigenvalue weighted by Gasteiger charge is 2.45. The molecule has 3 rings (SSSR count). The van der Waals surface area contributed by atoms with Gasteiger partial charge in [0.25, 0.3) is 0 Å². The van der Waals surface area contributed by atoms with Gasteiger partial charge in [-0.15, -0.1) is 0 Å². The normalized spacial score (nSPS) is 29.3. The van der Waals surface area contributed by atoms with Gasteiger partial charge in [-0.2, -0.15) is 11.8 Å². The van der Waals surface area contributed by atoms with Crippen molar-refractivity contribution in [3.8, 4) is 0 Å². The molecule has 1 saturated carbocycles. The Labute approximate surface area is 118 Å². The largest absolute Gasteiger partial charge is 0.304 e. The zero-order valence-electron chi connectivity index (χ0n) is 11.1. The van der Waals surface area contributed by atoms with Gasteiger partial charge in [0, 0.05) is 43.7 Å². The first kappa shape index (κ1) is 13.4. The SMILES string of the molecule is O=C1CC(NCCN2CCSCC2)C(=O)N1C1CC1. The van der Waals surface area contributed by atoms with Crippen LogP contribution in [0.5, 0.6) is 0 Å². The van der Waals surface area contributed by atoms with Crippen molar-refractivity contribution >= 4 is 23.6 Å². The molecular weight excluding hydrogens is 262 g/mol. The third-order valence-electron chi connectivity index (χ3n) is 4.02. The number of thioether (sulfide) groups is 1. The lowest BCUT2D eigenvalue weighted by atomic mass is 10.2. The van der Waals surface area contributed by atoms with Crippen LogP contribution in [0.4, 0.5) is 0 Å². The summed E-state index contributed by atoms with van der Waals surface area (Å²) in [6.45, 7) is 4.05. The van der Waals surface area contributed by atoms with E-state index in [1.807, 2.05) is 11.8 Å². The van der Waals surface area contributed by atoms with Crippen LogP contribution < -0.4 is 5.32 Å². The molecule has 0 radical (unpaired) electrons. The fourth-order valence-corrected chi connectivity index (χ4v) is 3.73. The molecular formula is C13H21N3O2S. The Morgan fingerprint density at radius 3 is 2.63 bits per heavy atom. The van der Waals surface area contributed by atoms with E-state index >= 15 is 0 Å². The van der Waals surface area contributed by atoms with E-state index in [-0.39, 0.29) is 23.9 Å². The lowest BCUT2D eigenvalue weighted by Crippen LogP contribution is -2.44. The number of carbonyl (C=O) groups excluding carboxylic acids is 2. The maximum absolute atomic E-state index is 12.1. The van der Waals surface area contributed by atoms with Crippen molar-refractivity contribution in [3.05, 3.63) is 0 Å². The summed E-state index contributed by atoms with van der Waals surface area (Å²) in [7, 11) is 0. The number of amides is 2. The second kappa shape index (κ2) is 5.81. The van der Waals surface area contributed by atoms with Crippen molar-refractivity contribution < 1.29 is 9.59 Å². The first-order valence-corrected chi connectivity index (χ1v) is 8.30. The second-order valence-corrected chi connectivity index (χ2v) is 6.72. The summed E-state index contributed by atoms with van der Waals surface area (Å²) >= 11 is 2.00. The van der Waals surface area contributed by atoms with Gasteiger partial charge in [0.05, 0.1) is 12.5 Å². The molecule has 19 heavy (non-hydrogen) atoms. The Hall–Kier alpha value is -0.590. The van der Waals surface area contributed by atoms with Gasteiger partial charge in [-0.1, -0.05) is 0 Å². The van der Waals surface area contributed by atoms with E-state index < -0.39 is 0 Å². The maximum Gasteiger partial charge on any atom is 0.247 e. The molecule has 0 aromatic carbocycles. The summed E-state index contributed by atoms with van der Waals surface area (Å²) in [5, 5.41) is 3.26. The van der Waals surface area contributed by atoms with Crippen molar-refractivity contribution in [2.45, 2.75) is 31.3 Å². The average molecular weight is 283 g/mol. The number of likely N-dealkylation sites (tertiary alicyclic amines) is 1. The fraction of sp³-hybridized carbons (Fsp3) is 0.846. The van der Waals surface area contributed by atoms with Gasteiger partial charge in [-0.05, 0) is 12.8 Å². The van der Waals surface area contributed by atoms with E-state index in [9.17, 15) is 9.59 Å². The Balaban J connectivity index is 1.42. The summed E-state index contributed by atoms with van der Waals surface area (Å²) in [6, 6.07) is -0.0572. The predicted molar refractivity (Wildman–Crippen MR) is 75.0 cm³/mol. The van der Waals surface area contributed by atoms with Gasteiger partial charge in [-0.3, -0.25) is 14.5 Å². The van der Waals surface area contributed by atoms with Crippen molar-refractivity contribution in [1.29, 1.82) is 0 Å². The molecule has 6 heteroatoms. The minimum Gasteiger partial charge on any atom is -0.304 e. The molecule has 0 aromatic rings. The van der Waals surface area contributed by atoms with Crippen LogP contribution in [0.3, 0.4) is 0 Å². The lowest BCUT2D eigenvalue weighted by molar-refractivity contribution is -0.139. The number of rotatable bonds is 5. The monoisotopic (exact) mass is 283 g/mol. The maximum atomic E-state index is 12.1. The predicted octanol–water partition coefficient (Wildman–Crippen LogP) is -0.0853.